The maximum absolute atomic E-state index is 14.5. The zero-order valence-electron chi connectivity index (χ0n) is 20.4. The number of carbonyl (C=O) groups is 1. The van der Waals surface area contributed by atoms with E-state index in [4.69, 9.17) is 0 Å². The molecule has 0 saturated carbocycles. The summed E-state index contributed by atoms with van der Waals surface area (Å²) in [4.78, 5) is 27.6. The number of halogens is 5. The molecule has 0 bridgehead atoms. The van der Waals surface area contributed by atoms with Gasteiger partial charge < -0.3 is 4.90 Å². The Kier molecular flexibility index (Phi) is 8.60. The van der Waals surface area contributed by atoms with Crippen molar-refractivity contribution in [3.63, 3.8) is 0 Å². The van der Waals surface area contributed by atoms with E-state index in [1.807, 2.05) is 13.0 Å². The monoisotopic (exact) mass is 529 g/mol. The Balaban J connectivity index is 1.81. The van der Waals surface area contributed by atoms with Crippen molar-refractivity contribution in [1.82, 2.24) is 20.2 Å². The van der Waals surface area contributed by atoms with Gasteiger partial charge in [-0.05, 0) is 38.3 Å². The maximum Gasteiger partial charge on any atom is 0.417 e. The van der Waals surface area contributed by atoms with Crippen molar-refractivity contribution in [2.45, 2.75) is 52.3 Å². The third-order valence-electron chi connectivity index (χ3n) is 5.85. The molecule has 0 aromatic carbocycles. The molecule has 0 aliphatic carbocycles. The summed E-state index contributed by atoms with van der Waals surface area (Å²) >= 11 is 1.26. The minimum absolute atomic E-state index is 0.0599. The number of nitrogens with one attached hydrogen (secondary N) is 1. The summed E-state index contributed by atoms with van der Waals surface area (Å²) in [5, 5.41) is 3.47. The lowest BCUT2D eigenvalue weighted by Gasteiger charge is -2.43. The number of amides is 1. The van der Waals surface area contributed by atoms with E-state index in [1.165, 1.54) is 18.3 Å². The number of pyridine rings is 1. The summed E-state index contributed by atoms with van der Waals surface area (Å²) in [6, 6.07) is 2.97. The van der Waals surface area contributed by atoms with Gasteiger partial charge in [0.25, 0.3) is 11.8 Å². The zero-order valence-corrected chi connectivity index (χ0v) is 21.2. The van der Waals surface area contributed by atoms with Crippen LogP contribution in [0.1, 0.15) is 41.3 Å². The van der Waals surface area contributed by atoms with Gasteiger partial charge in [-0.25, -0.2) is 13.8 Å². The fourth-order valence-corrected chi connectivity index (χ4v) is 4.98. The van der Waals surface area contributed by atoms with E-state index in [9.17, 15) is 26.7 Å². The molecular formula is C24H28F5N5OS. The molecule has 6 nitrogen and oxygen atoms in total. The highest BCUT2D eigenvalue weighted by molar-refractivity contribution is 7.15. The third kappa shape index (κ3) is 6.73. The molecule has 1 amide bonds. The van der Waals surface area contributed by atoms with Crippen molar-refractivity contribution in [2.75, 3.05) is 19.8 Å². The number of likely N-dealkylation sites (tertiary alicyclic amines) is 1. The standard InChI is InChI=1S/C24H28F5N5OS/c1-5-17(24(27,28)29)10-30-13-31-11-19-15(3)8-23(25,26)12-34(19)22(35)20-21(36-16(4)33-20)18-7-6-14(2)9-32-18/h5-7,9-10,15,19,31H,8,11-13H2,1-4H3/b17-5+,30-10?/t15?,19-/m1/s1. The average molecular weight is 530 g/mol. The summed E-state index contributed by atoms with van der Waals surface area (Å²) < 4.78 is 67.5. The number of alkyl halides is 5. The molecule has 2 aromatic heterocycles. The number of allylic oxidation sites excluding steroid dienone is 2. The topological polar surface area (TPSA) is 70.5 Å². The minimum atomic E-state index is -4.51. The van der Waals surface area contributed by atoms with E-state index >= 15 is 0 Å². The molecule has 196 valence electrons. The van der Waals surface area contributed by atoms with Gasteiger partial charge in [0.1, 0.15) is 5.69 Å². The molecule has 0 radical (unpaired) electrons. The number of carbonyl (C=O) groups excluding carboxylic acids is 1. The van der Waals surface area contributed by atoms with E-state index < -0.39 is 48.5 Å². The first kappa shape index (κ1) is 27.9. The Hall–Kier alpha value is -2.73. The number of hydrogen-bond acceptors (Lipinski definition) is 6. The minimum Gasteiger partial charge on any atom is -0.327 e. The maximum atomic E-state index is 14.5. The van der Waals surface area contributed by atoms with Crippen molar-refractivity contribution < 1.29 is 26.7 Å². The Morgan fingerprint density at radius 1 is 1.33 bits per heavy atom. The third-order valence-corrected chi connectivity index (χ3v) is 6.84. The second-order valence-corrected chi connectivity index (χ2v) is 10.0. The largest absolute Gasteiger partial charge is 0.417 e. The van der Waals surface area contributed by atoms with Crippen LogP contribution in [0.5, 0.6) is 0 Å². The second-order valence-electron chi connectivity index (χ2n) is 8.83. The Morgan fingerprint density at radius 2 is 2.06 bits per heavy atom. The summed E-state index contributed by atoms with van der Waals surface area (Å²) in [5.74, 6) is -4.28. The zero-order chi connectivity index (χ0) is 26.7. The number of aryl methyl sites for hydroxylation is 2. The van der Waals surface area contributed by atoms with Gasteiger partial charge in [-0.15, -0.1) is 11.3 Å². The number of hydrogen-bond donors (Lipinski definition) is 1. The van der Waals surface area contributed by atoms with Crippen molar-refractivity contribution in [1.29, 1.82) is 0 Å². The highest BCUT2D eigenvalue weighted by Gasteiger charge is 2.46. The Morgan fingerprint density at radius 3 is 2.67 bits per heavy atom. The molecule has 1 unspecified atom stereocenters. The van der Waals surface area contributed by atoms with Crippen LogP contribution in [-0.2, 0) is 0 Å². The normalized spacial score (nSPS) is 20.8. The van der Waals surface area contributed by atoms with E-state index in [0.717, 1.165) is 16.5 Å². The number of nitrogens with zero attached hydrogens (tertiary/aromatic N) is 4. The molecule has 0 spiro atoms. The molecule has 3 heterocycles. The molecule has 12 heteroatoms. The molecule has 1 N–H and O–H groups in total. The number of piperidine rings is 1. The predicted octanol–water partition coefficient (Wildman–Crippen LogP) is 5.43. The predicted molar refractivity (Wildman–Crippen MR) is 130 cm³/mol. The molecule has 2 aromatic rings. The summed E-state index contributed by atoms with van der Waals surface area (Å²) in [6.07, 6.45) is -1.65. The lowest BCUT2D eigenvalue weighted by atomic mass is 9.88. The van der Waals surface area contributed by atoms with Crippen LogP contribution in [0.3, 0.4) is 0 Å². The first-order valence-electron chi connectivity index (χ1n) is 11.4. The molecular weight excluding hydrogens is 501 g/mol. The lowest BCUT2D eigenvalue weighted by molar-refractivity contribution is -0.0915. The molecule has 1 fully saturated rings. The average Bonchev–Trinajstić information content (AvgIpc) is 3.17. The van der Waals surface area contributed by atoms with Gasteiger partial charge in [0.2, 0.25) is 0 Å². The van der Waals surface area contributed by atoms with E-state index in [0.29, 0.717) is 21.8 Å². The molecule has 1 saturated heterocycles. The Bertz CT molecular complexity index is 1130. The molecule has 36 heavy (non-hydrogen) atoms. The van der Waals surface area contributed by atoms with Gasteiger partial charge in [0.05, 0.1) is 34.4 Å². The first-order valence-corrected chi connectivity index (χ1v) is 12.2. The lowest BCUT2D eigenvalue weighted by Crippen LogP contribution is -2.58. The SMILES string of the molecule is C/C=C(\C=NCNC[C@@H]1C(C)CC(F)(F)CN1C(=O)c1nc(C)sc1-c1ccc(C)cn1)C(F)(F)F. The van der Waals surface area contributed by atoms with Gasteiger partial charge in [0, 0.05) is 31.4 Å². The van der Waals surface area contributed by atoms with Gasteiger partial charge >= 0.3 is 6.18 Å². The summed E-state index contributed by atoms with van der Waals surface area (Å²) in [7, 11) is 0. The van der Waals surface area contributed by atoms with E-state index in [-0.39, 0.29) is 18.9 Å². The number of aromatic nitrogens is 2. The molecule has 2 atom stereocenters. The highest BCUT2D eigenvalue weighted by atomic mass is 32.1. The van der Waals surface area contributed by atoms with Gasteiger partial charge in [-0.2, -0.15) is 13.2 Å². The Labute approximate surface area is 210 Å². The molecule has 1 aliphatic rings. The first-order chi connectivity index (χ1) is 16.8. The van der Waals surface area contributed by atoms with Crippen LogP contribution in [-0.4, -0.2) is 64.9 Å². The van der Waals surface area contributed by atoms with Crippen LogP contribution >= 0.6 is 11.3 Å². The number of thiazole rings is 1. The highest BCUT2D eigenvalue weighted by Crippen LogP contribution is 2.37. The van der Waals surface area contributed by atoms with Crippen LogP contribution in [0, 0.1) is 19.8 Å². The van der Waals surface area contributed by atoms with E-state index in [2.05, 4.69) is 20.3 Å². The molecule has 3 rings (SSSR count). The fraction of sp³-hybridized carbons (Fsp3) is 0.500. The summed E-state index contributed by atoms with van der Waals surface area (Å²) in [6.45, 7) is 5.63. The van der Waals surface area contributed by atoms with Crippen molar-refractivity contribution in [2.24, 2.45) is 10.9 Å². The van der Waals surface area contributed by atoms with Crippen LogP contribution in [0.25, 0.3) is 10.6 Å². The van der Waals surface area contributed by atoms with Crippen molar-refractivity contribution >= 4 is 23.5 Å². The summed E-state index contributed by atoms with van der Waals surface area (Å²) in [5.41, 5.74) is 0.635. The van der Waals surface area contributed by atoms with E-state index in [1.54, 1.807) is 26.1 Å². The van der Waals surface area contributed by atoms with Crippen molar-refractivity contribution in [3.8, 4) is 10.6 Å². The number of aliphatic imine (C=N–C) groups is 1. The second kappa shape index (κ2) is 11.1. The molecule has 1 aliphatic heterocycles. The fourth-order valence-electron chi connectivity index (χ4n) is 4.10. The van der Waals surface area contributed by atoms with Crippen LogP contribution < -0.4 is 5.32 Å². The van der Waals surface area contributed by atoms with Crippen LogP contribution in [0.15, 0.2) is 35.0 Å². The van der Waals surface area contributed by atoms with Crippen LogP contribution in [0.2, 0.25) is 0 Å². The number of rotatable bonds is 7. The quantitative estimate of drug-likeness (QED) is 0.295. The van der Waals surface area contributed by atoms with Crippen molar-refractivity contribution in [3.05, 3.63) is 46.2 Å². The van der Waals surface area contributed by atoms with Gasteiger partial charge in [-0.1, -0.05) is 19.1 Å². The smallest absolute Gasteiger partial charge is 0.327 e. The van der Waals surface area contributed by atoms with Crippen LogP contribution in [0.4, 0.5) is 22.0 Å². The van der Waals surface area contributed by atoms with Gasteiger partial charge in [-0.3, -0.25) is 20.1 Å². The van der Waals surface area contributed by atoms with Gasteiger partial charge in [0.15, 0.2) is 0 Å².